The lowest BCUT2D eigenvalue weighted by Crippen LogP contribution is -2.56. The smallest absolute Gasteiger partial charge is 0.238 e. The number of hydrogen-bond acceptors (Lipinski definition) is 6. The number of rotatable bonds is 8. The number of halogens is 1. The van der Waals surface area contributed by atoms with E-state index in [1.807, 2.05) is 49.5 Å². The van der Waals surface area contributed by atoms with Crippen molar-refractivity contribution in [3.8, 4) is 0 Å². The Morgan fingerprint density at radius 2 is 1.97 bits per heavy atom. The molecule has 1 aliphatic rings. The fourth-order valence-electron chi connectivity index (χ4n) is 3.91. The van der Waals surface area contributed by atoms with Gasteiger partial charge in [-0.25, -0.2) is 8.51 Å². The van der Waals surface area contributed by atoms with Crippen LogP contribution in [0.2, 0.25) is 5.02 Å². The highest BCUT2D eigenvalue weighted by Gasteiger charge is 2.35. The summed E-state index contributed by atoms with van der Waals surface area (Å²) >= 11 is 7.43. The number of amidine groups is 1. The molecule has 1 aromatic heterocycles. The minimum atomic E-state index is -1.56. The van der Waals surface area contributed by atoms with E-state index in [1.165, 1.54) is 16.2 Å². The van der Waals surface area contributed by atoms with Gasteiger partial charge in [0, 0.05) is 49.1 Å². The van der Waals surface area contributed by atoms with Gasteiger partial charge in [0.05, 0.1) is 6.54 Å². The number of aliphatic hydroxyl groups is 1. The van der Waals surface area contributed by atoms with Crippen molar-refractivity contribution in [3.05, 3.63) is 77.3 Å². The van der Waals surface area contributed by atoms with E-state index in [1.54, 1.807) is 21.3 Å². The van der Waals surface area contributed by atoms with Crippen LogP contribution in [0.4, 0.5) is 0 Å². The summed E-state index contributed by atoms with van der Waals surface area (Å²) in [7, 11) is 1.26. The molecule has 1 aliphatic heterocycles. The van der Waals surface area contributed by atoms with Crippen LogP contribution < -0.4 is 0 Å². The zero-order chi connectivity index (χ0) is 27.1. The SMILES string of the molecule is C=CCN(C)C(=N)c1ccc(CN2C(=O)CN(S(=O)c3cc4ccc(Cl)cc4s3)CC2C=O)cc1.CO. The van der Waals surface area contributed by atoms with E-state index in [0.29, 0.717) is 21.6 Å². The summed E-state index contributed by atoms with van der Waals surface area (Å²) in [6.07, 6.45) is 2.47. The van der Waals surface area contributed by atoms with E-state index in [4.69, 9.17) is 22.1 Å². The van der Waals surface area contributed by atoms with E-state index in [9.17, 15) is 13.8 Å². The summed E-state index contributed by atoms with van der Waals surface area (Å²) < 4.78 is 16.3. The molecule has 3 aromatic rings. The lowest BCUT2D eigenvalue weighted by molar-refractivity contribution is -0.141. The summed E-state index contributed by atoms with van der Waals surface area (Å²) in [5.41, 5.74) is 1.60. The third-order valence-corrected chi connectivity index (χ3v) is 8.83. The molecule has 0 saturated carbocycles. The van der Waals surface area contributed by atoms with Crippen molar-refractivity contribution >= 4 is 62.0 Å². The van der Waals surface area contributed by atoms with Gasteiger partial charge >= 0.3 is 0 Å². The maximum atomic E-state index is 13.2. The highest BCUT2D eigenvalue weighted by atomic mass is 35.5. The van der Waals surface area contributed by atoms with Crippen LogP contribution in [0, 0.1) is 5.41 Å². The first-order chi connectivity index (χ1) is 17.8. The van der Waals surface area contributed by atoms with Crippen LogP contribution >= 0.6 is 22.9 Å². The Kier molecular flexibility index (Phi) is 10.1. The number of nitrogens with zero attached hydrogens (tertiary/aromatic N) is 3. The van der Waals surface area contributed by atoms with Crippen molar-refractivity contribution in [3.63, 3.8) is 0 Å². The van der Waals surface area contributed by atoms with Crippen molar-refractivity contribution < 1.29 is 18.9 Å². The van der Waals surface area contributed by atoms with Crippen molar-refractivity contribution in [1.29, 1.82) is 5.41 Å². The molecule has 1 amide bonds. The Bertz CT molecular complexity index is 1310. The molecule has 0 spiro atoms. The Morgan fingerprint density at radius 3 is 2.62 bits per heavy atom. The second kappa shape index (κ2) is 13.1. The first kappa shape index (κ1) is 28.7. The second-order valence-electron chi connectivity index (χ2n) is 8.26. The molecule has 0 aliphatic carbocycles. The van der Waals surface area contributed by atoms with Gasteiger partial charge < -0.3 is 19.7 Å². The molecule has 37 heavy (non-hydrogen) atoms. The number of benzene rings is 2. The number of carbonyl (C=O) groups excluding carboxylic acids is 2. The van der Waals surface area contributed by atoms with Crippen LogP contribution in [0.15, 0.2) is 65.4 Å². The predicted octanol–water partition coefficient (Wildman–Crippen LogP) is 3.54. The molecule has 11 heteroatoms. The van der Waals surface area contributed by atoms with Gasteiger partial charge in [0.25, 0.3) is 0 Å². The van der Waals surface area contributed by atoms with Crippen molar-refractivity contribution in [2.24, 2.45) is 0 Å². The van der Waals surface area contributed by atoms with Crippen LogP contribution in [0.3, 0.4) is 0 Å². The Balaban J connectivity index is 0.00000186. The van der Waals surface area contributed by atoms with E-state index in [0.717, 1.165) is 34.6 Å². The summed E-state index contributed by atoms with van der Waals surface area (Å²) in [4.78, 5) is 28.2. The number of aliphatic hydroxyl groups excluding tert-OH is 1. The van der Waals surface area contributed by atoms with Crippen LogP contribution in [-0.2, 0) is 27.1 Å². The van der Waals surface area contributed by atoms with Crippen molar-refractivity contribution in [1.82, 2.24) is 14.1 Å². The fraction of sp³-hybridized carbons (Fsp3) is 0.269. The number of fused-ring (bicyclic) bond motifs is 1. The molecule has 8 nitrogen and oxygen atoms in total. The van der Waals surface area contributed by atoms with Crippen molar-refractivity contribution in [2.45, 2.75) is 16.8 Å². The normalized spacial score (nSPS) is 16.6. The van der Waals surface area contributed by atoms with E-state index in [-0.39, 0.29) is 25.5 Å². The van der Waals surface area contributed by atoms with Crippen molar-refractivity contribution in [2.75, 3.05) is 33.8 Å². The minimum Gasteiger partial charge on any atom is -0.400 e. The standard InChI is InChI=1S/C25H25ClN4O3S2.CH4O/c1-3-10-28(2)25(27)18-6-4-17(5-7-18)13-30-21(16-31)14-29(15-23(30)32)35(33)24-11-19-8-9-20(26)12-22(19)34-24;1-2/h3-9,11-12,16,21,27H,1,10,13-15H2,2H3;2H,1H3. The maximum absolute atomic E-state index is 13.2. The van der Waals surface area contributed by atoms with E-state index >= 15 is 0 Å². The second-order valence-corrected chi connectivity index (χ2v) is 11.5. The highest BCUT2D eigenvalue weighted by Crippen LogP contribution is 2.32. The summed E-state index contributed by atoms with van der Waals surface area (Å²) in [6.45, 7) is 4.67. The number of thiophene rings is 1. The molecule has 2 heterocycles. The summed E-state index contributed by atoms with van der Waals surface area (Å²) in [5, 5.41) is 16.8. The fourth-order valence-corrected chi connectivity index (χ4v) is 6.85. The first-order valence-corrected chi connectivity index (χ1v) is 13.7. The number of hydrogen-bond donors (Lipinski definition) is 2. The molecule has 1 saturated heterocycles. The lowest BCUT2D eigenvalue weighted by Gasteiger charge is -2.37. The first-order valence-electron chi connectivity index (χ1n) is 11.4. The third-order valence-electron chi connectivity index (χ3n) is 5.81. The quantitative estimate of drug-likeness (QED) is 0.190. The Hall–Kier alpha value is -2.89. The van der Waals surface area contributed by atoms with E-state index in [2.05, 4.69) is 6.58 Å². The predicted molar refractivity (Wildman–Crippen MR) is 149 cm³/mol. The number of nitrogens with one attached hydrogen (secondary N) is 1. The molecular weight excluding hydrogens is 532 g/mol. The molecular formula is C26H29ClN4O4S2. The zero-order valence-corrected chi connectivity index (χ0v) is 23.0. The Labute approximate surface area is 227 Å². The molecule has 196 valence electrons. The molecule has 1 fully saturated rings. The van der Waals surface area contributed by atoms with Gasteiger partial charge in [-0.2, -0.15) is 0 Å². The number of likely N-dealkylation sites (N-methyl/N-ethyl adjacent to an activating group) is 1. The summed E-state index contributed by atoms with van der Waals surface area (Å²) in [6, 6.07) is 14.0. The van der Waals surface area contributed by atoms with Gasteiger partial charge in [-0.05, 0) is 29.1 Å². The van der Waals surface area contributed by atoms with Gasteiger partial charge in [0.2, 0.25) is 5.91 Å². The van der Waals surface area contributed by atoms with Crippen LogP contribution in [0.1, 0.15) is 11.1 Å². The van der Waals surface area contributed by atoms with Gasteiger partial charge in [-0.1, -0.05) is 48.0 Å². The van der Waals surface area contributed by atoms with Crippen LogP contribution in [-0.4, -0.2) is 81.3 Å². The van der Waals surface area contributed by atoms with Gasteiger partial charge in [-0.15, -0.1) is 17.9 Å². The number of aldehydes is 1. The average Bonchev–Trinajstić information content (AvgIpc) is 3.33. The molecule has 4 rings (SSSR count). The minimum absolute atomic E-state index is 0.0406. The van der Waals surface area contributed by atoms with E-state index < -0.39 is 17.0 Å². The number of amides is 1. The molecule has 2 unspecified atom stereocenters. The summed E-state index contributed by atoms with van der Waals surface area (Å²) in [5.74, 6) is 0.117. The highest BCUT2D eigenvalue weighted by molar-refractivity contribution is 7.85. The largest absolute Gasteiger partial charge is 0.400 e. The van der Waals surface area contributed by atoms with Gasteiger partial charge in [0.15, 0.2) is 0 Å². The lowest BCUT2D eigenvalue weighted by atomic mass is 10.1. The topological polar surface area (TPSA) is 105 Å². The molecule has 0 bridgehead atoms. The van der Waals surface area contributed by atoms with Gasteiger partial charge in [-0.3, -0.25) is 10.2 Å². The maximum Gasteiger partial charge on any atom is 0.238 e. The number of carbonyl (C=O) groups is 2. The van der Waals surface area contributed by atoms with Gasteiger partial charge in [0.1, 0.15) is 33.4 Å². The average molecular weight is 561 g/mol. The van der Waals surface area contributed by atoms with Crippen LogP contribution in [0.5, 0.6) is 0 Å². The molecule has 2 atom stereocenters. The Morgan fingerprint density at radius 1 is 1.27 bits per heavy atom. The number of piperazine rings is 1. The molecule has 2 N–H and O–H groups in total. The zero-order valence-electron chi connectivity index (χ0n) is 20.6. The van der Waals surface area contributed by atoms with Crippen LogP contribution in [0.25, 0.3) is 10.1 Å². The third kappa shape index (κ3) is 6.71. The molecule has 0 radical (unpaired) electrons. The monoisotopic (exact) mass is 560 g/mol. The molecule has 2 aromatic carbocycles.